The van der Waals surface area contributed by atoms with E-state index in [-0.39, 0.29) is 18.5 Å². The second kappa shape index (κ2) is 6.98. The van der Waals surface area contributed by atoms with E-state index in [2.05, 4.69) is 19.9 Å². The number of carbonyl (C=O) groups is 1. The van der Waals surface area contributed by atoms with Crippen LogP contribution in [0.15, 0.2) is 34.2 Å². The molecule has 0 spiro atoms. The van der Waals surface area contributed by atoms with Gasteiger partial charge in [0, 0.05) is 49.8 Å². The standard InChI is InChI=1S/C18H22N6O3/c1-12-7-23(18(27)21-16(12)26)11-15(25)24-9-13-3-4-14(24)10-22(8-13)17-19-5-2-6-20-17/h2,5-7,13-14H,3-4,8-11H2,1H3,(H,21,26,27)/t13-,14+/m0/s1. The van der Waals surface area contributed by atoms with E-state index >= 15 is 0 Å². The summed E-state index contributed by atoms with van der Waals surface area (Å²) in [5, 5.41) is 0. The number of rotatable bonds is 3. The van der Waals surface area contributed by atoms with E-state index in [4.69, 9.17) is 0 Å². The van der Waals surface area contributed by atoms with Crippen molar-refractivity contribution in [2.45, 2.75) is 32.4 Å². The number of amides is 1. The van der Waals surface area contributed by atoms with Crippen LogP contribution in [0.4, 0.5) is 5.95 Å². The molecule has 1 amide bonds. The fourth-order valence-corrected chi connectivity index (χ4v) is 3.98. The van der Waals surface area contributed by atoms with Crippen LogP contribution in [-0.4, -0.2) is 56.0 Å². The van der Waals surface area contributed by atoms with Crippen LogP contribution in [0.3, 0.4) is 0 Å². The molecule has 2 bridgehead atoms. The highest BCUT2D eigenvalue weighted by atomic mass is 16.2. The summed E-state index contributed by atoms with van der Waals surface area (Å²) in [7, 11) is 0. The molecule has 1 N–H and O–H groups in total. The Hall–Kier alpha value is -2.97. The highest BCUT2D eigenvalue weighted by Crippen LogP contribution is 2.29. The van der Waals surface area contributed by atoms with Gasteiger partial charge in [0.1, 0.15) is 6.54 Å². The summed E-state index contributed by atoms with van der Waals surface area (Å²) >= 11 is 0. The zero-order chi connectivity index (χ0) is 19.0. The maximum atomic E-state index is 12.9. The summed E-state index contributed by atoms with van der Waals surface area (Å²) < 4.78 is 1.27. The first-order valence-electron chi connectivity index (χ1n) is 9.13. The molecule has 0 aromatic carbocycles. The molecule has 9 heteroatoms. The van der Waals surface area contributed by atoms with Gasteiger partial charge < -0.3 is 9.80 Å². The first-order valence-corrected chi connectivity index (χ1v) is 9.13. The first-order chi connectivity index (χ1) is 13.0. The third-order valence-electron chi connectivity index (χ3n) is 5.36. The Morgan fingerprint density at radius 2 is 1.96 bits per heavy atom. The van der Waals surface area contributed by atoms with Crippen LogP contribution >= 0.6 is 0 Å². The number of H-pyrrole nitrogens is 1. The quantitative estimate of drug-likeness (QED) is 0.800. The van der Waals surface area contributed by atoms with Crippen LogP contribution in [0.25, 0.3) is 0 Å². The Bertz CT molecular complexity index is 954. The van der Waals surface area contributed by atoms with Crippen LogP contribution in [0.1, 0.15) is 18.4 Å². The number of aromatic amines is 1. The molecule has 5 heterocycles. The van der Waals surface area contributed by atoms with E-state index in [1.165, 1.54) is 10.8 Å². The summed E-state index contributed by atoms with van der Waals surface area (Å²) in [6.45, 7) is 3.73. The number of piperidine rings is 1. The summed E-state index contributed by atoms with van der Waals surface area (Å²) in [6, 6.07) is 1.86. The molecule has 0 aliphatic carbocycles. The van der Waals surface area contributed by atoms with Crippen LogP contribution in [-0.2, 0) is 11.3 Å². The van der Waals surface area contributed by atoms with Gasteiger partial charge in [-0.05, 0) is 31.7 Å². The fraction of sp³-hybridized carbons (Fsp3) is 0.500. The normalized spacial score (nSPS) is 22.0. The summed E-state index contributed by atoms with van der Waals surface area (Å²) in [5.41, 5.74) is -0.568. The lowest BCUT2D eigenvalue weighted by Gasteiger charge is -2.36. The summed E-state index contributed by atoms with van der Waals surface area (Å²) in [5.74, 6) is 0.941. The second-order valence-electron chi connectivity index (χ2n) is 7.30. The molecule has 9 nitrogen and oxygen atoms in total. The molecular formula is C18H22N6O3. The number of fused-ring (bicyclic) bond motifs is 4. The SMILES string of the molecule is Cc1cn(CC(=O)N2C[C@H]3CC[C@@H]2CN(c2ncccn2)C3)c(=O)[nH]c1=O. The molecule has 0 saturated carbocycles. The van der Waals surface area contributed by atoms with Crippen molar-refractivity contribution in [2.24, 2.45) is 5.92 Å². The van der Waals surface area contributed by atoms with Gasteiger partial charge in [-0.3, -0.25) is 19.1 Å². The van der Waals surface area contributed by atoms with Gasteiger partial charge in [0.2, 0.25) is 11.9 Å². The number of nitrogens with zero attached hydrogens (tertiary/aromatic N) is 5. The lowest BCUT2D eigenvalue weighted by molar-refractivity contribution is -0.135. The van der Waals surface area contributed by atoms with Gasteiger partial charge in [0.25, 0.3) is 5.56 Å². The molecule has 3 fully saturated rings. The van der Waals surface area contributed by atoms with Gasteiger partial charge in [-0.2, -0.15) is 0 Å². The van der Waals surface area contributed by atoms with E-state index in [9.17, 15) is 14.4 Å². The van der Waals surface area contributed by atoms with Gasteiger partial charge in [-0.15, -0.1) is 0 Å². The summed E-state index contributed by atoms with van der Waals surface area (Å²) in [6.07, 6.45) is 6.89. The number of anilines is 1. The highest BCUT2D eigenvalue weighted by molar-refractivity contribution is 5.76. The zero-order valence-electron chi connectivity index (χ0n) is 15.2. The third-order valence-corrected chi connectivity index (χ3v) is 5.36. The van der Waals surface area contributed by atoms with Crippen LogP contribution < -0.4 is 16.1 Å². The van der Waals surface area contributed by atoms with E-state index in [0.29, 0.717) is 30.5 Å². The van der Waals surface area contributed by atoms with Crippen molar-refractivity contribution in [3.63, 3.8) is 0 Å². The van der Waals surface area contributed by atoms with Crippen molar-refractivity contribution >= 4 is 11.9 Å². The number of nitrogens with one attached hydrogen (secondary N) is 1. The molecule has 3 aliphatic heterocycles. The van der Waals surface area contributed by atoms with Crippen LogP contribution in [0, 0.1) is 12.8 Å². The molecular weight excluding hydrogens is 348 g/mol. The van der Waals surface area contributed by atoms with Gasteiger partial charge >= 0.3 is 5.69 Å². The molecule has 0 radical (unpaired) electrons. The number of aromatic nitrogens is 4. The monoisotopic (exact) mass is 370 g/mol. The minimum Gasteiger partial charge on any atom is -0.338 e. The van der Waals surface area contributed by atoms with Crippen molar-refractivity contribution in [1.82, 2.24) is 24.4 Å². The van der Waals surface area contributed by atoms with Crippen LogP contribution in [0.5, 0.6) is 0 Å². The molecule has 2 atom stereocenters. The van der Waals surface area contributed by atoms with Crippen molar-refractivity contribution in [3.8, 4) is 0 Å². The maximum Gasteiger partial charge on any atom is 0.328 e. The van der Waals surface area contributed by atoms with Crippen molar-refractivity contribution < 1.29 is 4.79 Å². The van der Waals surface area contributed by atoms with E-state index < -0.39 is 11.2 Å². The van der Waals surface area contributed by atoms with E-state index in [1.807, 2.05) is 4.90 Å². The molecule has 2 aromatic heterocycles. The molecule has 142 valence electrons. The zero-order valence-corrected chi connectivity index (χ0v) is 15.2. The topological polar surface area (TPSA) is 104 Å². The Kier molecular flexibility index (Phi) is 4.51. The molecule has 0 unspecified atom stereocenters. The van der Waals surface area contributed by atoms with Crippen molar-refractivity contribution in [2.75, 3.05) is 24.5 Å². The second-order valence-corrected chi connectivity index (χ2v) is 7.30. The lowest BCUT2D eigenvalue weighted by Crippen LogP contribution is -2.49. The average molecular weight is 370 g/mol. The lowest BCUT2D eigenvalue weighted by atomic mass is 9.95. The molecule has 3 aliphatic rings. The van der Waals surface area contributed by atoms with Gasteiger partial charge in [-0.1, -0.05) is 0 Å². The number of aryl methyl sites for hydroxylation is 1. The average Bonchev–Trinajstić information content (AvgIpc) is 2.99. The van der Waals surface area contributed by atoms with Gasteiger partial charge in [0.15, 0.2) is 0 Å². The van der Waals surface area contributed by atoms with E-state index in [1.54, 1.807) is 25.4 Å². The molecule has 5 rings (SSSR count). The largest absolute Gasteiger partial charge is 0.338 e. The number of hydrogen-bond donors (Lipinski definition) is 1. The van der Waals surface area contributed by atoms with E-state index in [0.717, 1.165) is 19.4 Å². The van der Waals surface area contributed by atoms with Gasteiger partial charge in [-0.25, -0.2) is 14.8 Å². The molecule has 3 saturated heterocycles. The Morgan fingerprint density at radius 1 is 1.19 bits per heavy atom. The fourth-order valence-electron chi connectivity index (χ4n) is 3.98. The molecule has 27 heavy (non-hydrogen) atoms. The minimum atomic E-state index is -0.557. The Labute approximate surface area is 155 Å². The van der Waals surface area contributed by atoms with Gasteiger partial charge in [0.05, 0.1) is 0 Å². The highest BCUT2D eigenvalue weighted by Gasteiger charge is 2.37. The Morgan fingerprint density at radius 3 is 2.74 bits per heavy atom. The number of carbonyl (C=O) groups excluding carboxylic acids is 1. The minimum absolute atomic E-state index is 0.0679. The maximum absolute atomic E-state index is 12.9. The molecule has 2 aromatic rings. The predicted molar refractivity (Wildman–Crippen MR) is 98.5 cm³/mol. The smallest absolute Gasteiger partial charge is 0.328 e. The predicted octanol–water partition coefficient (Wildman–Crippen LogP) is -0.238. The van der Waals surface area contributed by atoms with Crippen molar-refractivity contribution in [1.29, 1.82) is 0 Å². The number of hydrogen-bond acceptors (Lipinski definition) is 6. The van der Waals surface area contributed by atoms with Crippen LogP contribution in [0.2, 0.25) is 0 Å². The Balaban J connectivity index is 1.53. The van der Waals surface area contributed by atoms with Crippen molar-refractivity contribution in [3.05, 3.63) is 51.1 Å². The third kappa shape index (κ3) is 3.49. The summed E-state index contributed by atoms with van der Waals surface area (Å²) in [4.78, 5) is 51.4. The first kappa shape index (κ1) is 17.4.